The number of imidazole rings is 1. The Bertz CT molecular complexity index is 1070. The van der Waals surface area contributed by atoms with Gasteiger partial charge in [0.05, 0.1) is 12.0 Å². The van der Waals surface area contributed by atoms with Gasteiger partial charge in [-0.2, -0.15) is 0 Å². The molecule has 1 saturated carbocycles. The highest BCUT2D eigenvalue weighted by Gasteiger charge is 2.18. The minimum Gasteiger partial charge on any atom is -0.335 e. The van der Waals surface area contributed by atoms with Gasteiger partial charge in [0.15, 0.2) is 5.82 Å². The Hall–Kier alpha value is -3.06. The molecule has 1 aliphatic carbocycles. The monoisotopic (exact) mass is 388 g/mol. The Morgan fingerprint density at radius 3 is 2.75 bits per heavy atom. The van der Waals surface area contributed by atoms with Gasteiger partial charge in [-0.1, -0.05) is 36.8 Å². The van der Waals surface area contributed by atoms with Crippen molar-refractivity contribution in [2.75, 3.05) is 5.32 Å². The molecule has 1 aromatic carbocycles. The van der Waals surface area contributed by atoms with E-state index in [0.717, 1.165) is 40.2 Å². The molecule has 0 aliphatic heterocycles. The zero-order chi connectivity index (χ0) is 18.8. The fourth-order valence-corrected chi connectivity index (χ4v) is 4.10. The quantitative estimate of drug-likeness (QED) is 0.503. The Kier molecular flexibility index (Phi) is 4.58. The van der Waals surface area contributed by atoms with E-state index in [0.29, 0.717) is 5.95 Å². The molecule has 0 spiro atoms. The second-order valence-electron chi connectivity index (χ2n) is 7.05. The molecule has 0 atom stereocenters. The predicted molar refractivity (Wildman–Crippen MR) is 111 cm³/mol. The number of hydrogen-bond acceptors (Lipinski definition) is 6. The number of benzene rings is 1. The van der Waals surface area contributed by atoms with Crippen LogP contribution < -0.4 is 5.32 Å². The van der Waals surface area contributed by atoms with Gasteiger partial charge < -0.3 is 9.88 Å². The zero-order valence-corrected chi connectivity index (χ0v) is 16.1. The van der Waals surface area contributed by atoms with Gasteiger partial charge in [0, 0.05) is 29.9 Å². The van der Waals surface area contributed by atoms with Crippen molar-refractivity contribution in [3.05, 3.63) is 60.5 Å². The van der Waals surface area contributed by atoms with Gasteiger partial charge >= 0.3 is 0 Å². The Morgan fingerprint density at radius 1 is 1.04 bits per heavy atom. The van der Waals surface area contributed by atoms with Crippen molar-refractivity contribution in [2.45, 2.75) is 25.8 Å². The van der Waals surface area contributed by atoms with Crippen LogP contribution in [0, 0.1) is 5.92 Å². The first kappa shape index (κ1) is 17.1. The molecular formula is C21H20N6S. The van der Waals surface area contributed by atoms with Gasteiger partial charge in [-0.25, -0.2) is 19.9 Å². The molecular weight excluding hydrogens is 368 g/mol. The average Bonchev–Trinajstić information content (AvgIpc) is 3.36. The van der Waals surface area contributed by atoms with Crippen LogP contribution in [0.5, 0.6) is 0 Å². The fraction of sp³-hybridized carbons (Fsp3) is 0.238. The standard InChI is InChI=1S/C21H20N6S/c1-2-7-16(8-3-1)20-24-18(13-28-20)17-9-10-22-21(25-17)26-19-12-27(14-23-19)11-15-5-4-6-15/h1-3,7-10,12-15H,4-6,11H2,(H,22,25,26). The summed E-state index contributed by atoms with van der Waals surface area (Å²) >= 11 is 1.62. The van der Waals surface area contributed by atoms with Gasteiger partial charge in [-0.15, -0.1) is 11.3 Å². The molecule has 1 N–H and O–H groups in total. The molecule has 3 aromatic heterocycles. The third kappa shape index (κ3) is 3.66. The third-order valence-corrected chi connectivity index (χ3v) is 5.90. The summed E-state index contributed by atoms with van der Waals surface area (Å²) in [4.78, 5) is 18.1. The first-order valence-corrected chi connectivity index (χ1v) is 10.3. The van der Waals surface area contributed by atoms with Crippen LogP contribution in [0.1, 0.15) is 19.3 Å². The SMILES string of the molecule is c1ccc(-c2nc(-c3ccnc(Nc4cn(CC5CCC5)cn4)n3)cs2)cc1. The number of rotatable bonds is 6. The number of hydrogen-bond donors (Lipinski definition) is 1. The van der Waals surface area contributed by atoms with Crippen molar-refractivity contribution in [2.24, 2.45) is 5.92 Å². The summed E-state index contributed by atoms with van der Waals surface area (Å²) in [5.41, 5.74) is 2.76. The second kappa shape index (κ2) is 7.52. The molecule has 0 bridgehead atoms. The highest BCUT2D eigenvalue weighted by Crippen LogP contribution is 2.29. The molecule has 0 amide bonds. The summed E-state index contributed by atoms with van der Waals surface area (Å²) in [5, 5.41) is 6.22. The van der Waals surface area contributed by atoms with Gasteiger partial charge in [-0.05, 0) is 24.8 Å². The summed E-state index contributed by atoms with van der Waals surface area (Å²) in [7, 11) is 0. The topological polar surface area (TPSA) is 68.5 Å². The lowest BCUT2D eigenvalue weighted by Gasteiger charge is -2.25. The lowest BCUT2D eigenvalue weighted by Crippen LogP contribution is -2.17. The van der Waals surface area contributed by atoms with E-state index in [2.05, 4.69) is 37.0 Å². The fourth-order valence-electron chi connectivity index (χ4n) is 3.28. The van der Waals surface area contributed by atoms with Crippen LogP contribution in [0.3, 0.4) is 0 Å². The molecule has 1 aliphatic rings. The van der Waals surface area contributed by atoms with Crippen LogP contribution in [0.15, 0.2) is 60.5 Å². The van der Waals surface area contributed by atoms with E-state index in [4.69, 9.17) is 4.98 Å². The average molecular weight is 389 g/mol. The number of aromatic nitrogens is 5. The molecule has 140 valence electrons. The molecule has 0 unspecified atom stereocenters. The summed E-state index contributed by atoms with van der Waals surface area (Å²) in [5.74, 6) is 2.09. The minimum absolute atomic E-state index is 0.528. The maximum absolute atomic E-state index is 4.73. The van der Waals surface area contributed by atoms with E-state index in [-0.39, 0.29) is 0 Å². The first-order valence-electron chi connectivity index (χ1n) is 9.47. The van der Waals surface area contributed by atoms with E-state index in [1.807, 2.05) is 42.2 Å². The Balaban J connectivity index is 1.32. The van der Waals surface area contributed by atoms with Crippen LogP contribution >= 0.6 is 11.3 Å². The normalized spacial score (nSPS) is 14.0. The van der Waals surface area contributed by atoms with Crippen LogP contribution in [-0.4, -0.2) is 24.5 Å². The smallest absolute Gasteiger partial charge is 0.228 e. The second-order valence-corrected chi connectivity index (χ2v) is 7.91. The van der Waals surface area contributed by atoms with Crippen molar-refractivity contribution in [3.8, 4) is 22.0 Å². The van der Waals surface area contributed by atoms with Gasteiger partial charge in [0.1, 0.15) is 10.7 Å². The highest BCUT2D eigenvalue weighted by atomic mass is 32.1. The molecule has 1 fully saturated rings. The zero-order valence-electron chi connectivity index (χ0n) is 15.3. The van der Waals surface area contributed by atoms with Crippen LogP contribution in [0.4, 0.5) is 11.8 Å². The number of nitrogens with zero attached hydrogens (tertiary/aromatic N) is 5. The Morgan fingerprint density at radius 2 is 1.93 bits per heavy atom. The van der Waals surface area contributed by atoms with E-state index in [9.17, 15) is 0 Å². The van der Waals surface area contributed by atoms with E-state index in [1.54, 1.807) is 17.5 Å². The van der Waals surface area contributed by atoms with Crippen LogP contribution in [0.25, 0.3) is 22.0 Å². The minimum atomic E-state index is 0.528. The third-order valence-electron chi connectivity index (χ3n) is 5.01. The van der Waals surface area contributed by atoms with Gasteiger partial charge in [-0.3, -0.25) is 0 Å². The van der Waals surface area contributed by atoms with E-state index in [1.165, 1.54) is 19.3 Å². The van der Waals surface area contributed by atoms with E-state index < -0.39 is 0 Å². The maximum Gasteiger partial charge on any atom is 0.228 e. The van der Waals surface area contributed by atoms with Crippen molar-refractivity contribution in [1.82, 2.24) is 24.5 Å². The Labute approximate surface area is 167 Å². The number of anilines is 2. The van der Waals surface area contributed by atoms with Crippen LogP contribution in [0.2, 0.25) is 0 Å². The van der Waals surface area contributed by atoms with Crippen molar-refractivity contribution in [1.29, 1.82) is 0 Å². The lowest BCUT2D eigenvalue weighted by molar-refractivity contribution is 0.276. The van der Waals surface area contributed by atoms with Crippen molar-refractivity contribution in [3.63, 3.8) is 0 Å². The molecule has 7 heteroatoms. The van der Waals surface area contributed by atoms with Gasteiger partial charge in [0.25, 0.3) is 0 Å². The van der Waals surface area contributed by atoms with Gasteiger partial charge in [0.2, 0.25) is 5.95 Å². The summed E-state index contributed by atoms with van der Waals surface area (Å²) < 4.78 is 2.14. The maximum atomic E-state index is 4.73. The summed E-state index contributed by atoms with van der Waals surface area (Å²) in [6.45, 7) is 1.04. The molecule has 3 heterocycles. The summed E-state index contributed by atoms with van der Waals surface area (Å²) in [6, 6.07) is 12.1. The van der Waals surface area contributed by atoms with Crippen molar-refractivity contribution >= 4 is 23.1 Å². The molecule has 0 radical (unpaired) electrons. The van der Waals surface area contributed by atoms with Crippen LogP contribution in [-0.2, 0) is 6.54 Å². The molecule has 5 rings (SSSR count). The first-order chi connectivity index (χ1) is 13.8. The molecule has 0 saturated heterocycles. The largest absolute Gasteiger partial charge is 0.335 e. The molecule has 4 aromatic rings. The molecule has 6 nitrogen and oxygen atoms in total. The number of nitrogens with one attached hydrogen (secondary N) is 1. The lowest BCUT2D eigenvalue weighted by atomic mass is 9.85. The molecule has 28 heavy (non-hydrogen) atoms. The van der Waals surface area contributed by atoms with E-state index >= 15 is 0 Å². The summed E-state index contributed by atoms with van der Waals surface area (Å²) in [6.07, 6.45) is 9.64. The predicted octanol–water partition coefficient (Wildman–Crippen LogP) is 5.01. The highest BCUT2D eigenvalue weighted by molar-refractivity contribution is 7.13. The van der Waals surface area contributed by atoms with Crippen molar-refractivity contribution < 1.29 is 0 Å². The number of thiazole rings is 1.